The number of fused-ring (bicyclic) bond motifs is 1. The number of nitrogens with one attached hydrogen (secondary N) is 1. The maximum absolute atomic E-state index is 12.9. The molecule has 8 nitrogen and oxygen atoms in total. The Morgan fingerprint density at radius 1 is 1.28 bits per heavy atom. The fourth-order valence-corrected chi connectivity index (χ4v) is 3.77. The predicted octanol–water partition coefficient (Wildman–Crippen LogP) is 2.53. The largest absolute Gasteiger partial charge is 0.497 e. The van der Waals surface area contributed by atoms with E-state index in [9.17, 15) is 9.59 Å². The van der Waals surface area contributed by atoms with Gasteiger partial charge in [0.1, 0.15) is 5.75 Å². The molecule has 1 saturated heterocycles. The summed E-state index contributed by atoms with van der Waals surface area (Å²) in [6.45, 7) is 2.92. The third-order valence-corrected chi connectivity index (χ3v) is 5.27. The Morgan fingerprint density at radius 2 is 2.03 bits per heavy atom. The van der Waals surface area contributed by atoms with Gasteiger partial charge in [0.25, 0.3) is 17.5 Å². The number of amides is 2. The molecule has 1 unspecified atom stereocenters. The molecular formula is C21H22N4O4. The molecular weight excluding hydrogens is 372 g/mol. The molecule has 8 heteroatoms. The van der Waals surface area contributed by atoms with Gasteiger partial charge < -0.3 is 19.5 Å². The normalized spacial score (nSPS) is 16.2. The van der Waals surface area contributed by atoms with Crippen LogP contribution < -0.4 is 10.1 Å². The molecule has 2 amide bonds. The zero-order chi connectivity index (χ0) is 20.5. The Labute approximate surface area is 167 Å². The number of likely N-dealkylation sites (tertiary alicyclic amines) is 1. The zero-order valence-electron chi connectivity index (χ0n) is 16.6. The van der Waals surface area contributed by atoms with Crippen LogP contribution in [0.25, 0.3) is 11.1 Å². The lowest BCUT2D eigenvalue weighted by molar-refractivity contribution is 0.0790. The van der Waals surface area contributed by atoms with Crippen LogP contribution in [0.15, 0.2) is 34.9 Å². The van der Waals surface area contributed by atoms with Crippen LogP contribution in [0, 0.1) is 6.92 Å². The third kappa shape index (κ3) is 3.41. The number of rotatable bonds is 4. The third-order valence-electron chi connectivity index (χ3n) is 5.27. The Bertz CT molecular complexity index is 1070. The molecule has 1 fully saturated rings. The van der Waals surface area contributed by atoms with Crippen LogP contribution in [0.5, 0.6) is 5.75 Å². The van der Waals surface area contributed by atoms with Crippen LogP contribution in [0.4, 0.5) is 0 Å². The predicted molar refractivity (Wildman–Crippen MR) is 106 cm³/mol. The maximum atomic E-state index is 12.9. The highest BCUT2D eigenvalue weighted by atomic mass is 16.5. The fourth-order valence-electron chi connectivity index (χ4n) is 3.77. The van der Waals surface area contributed by atoms with Crippen LogP contribution in [0.3, 0.4) is 0 Å². The summed E-state index contributed by atoms with van der Waals surface area (Å²) in [6, 6.07) is 8.80. The molecule has 0 aliphatic carbocycles. The van der Waals surface area contributed by atoms with Crippen molar-refractivity contribution in [3.63, 3.8) is 0 Å². The molecule has 0 saturated carbocycles. The van der Waals surface area contributed by atoms with Crippen molar-refractivity contribution in [1.82, 2.24) is 20.4 Å². The molecule has 0 bridgehead atoms. The molecule has 0 radical (unpaired) electrons. The lowest BCUT2D eigenvalue weighted by atomic mass is 9.99. The van der Waals surface area contributed by atoms with E-state index in [-0.39, 0.29) is 17.7 Å². The van der Waals surface area contributed by atoms with Crippen molar-refractivity contribution in [1.29, 1.82) is 0 Å². The van der Waals surface area contributed by atoms with Crippen molar-refractivity contribution in [2.45, 2.75) is 19.3 Å². The van der Waals surface area contributed by atoms with Gasteiger partial charge in [-0.05, 0) is 43.7 Å². The molecule has 29 heavy (non-hydrogen) atoms. The Balaban J connectivity index is 1.61. The minimum Gasteiger partial charge on any atom is -0.497 e. The van der Waals surface area contributed by atoms with Crippen LogP contribution in [0.1, 0.15) is 44.4 Å². The molecule has 3 aromatic rings. The molecule has 1 aliphatic rings. The van der Waals surface area contributed by atoms with Crippen molar-refractivity contribution >= 4 is 22.9 Å². The summed E-state index contributed by atoms with van der Waals surface area (Å²) in [7, 11) is 3.18. The Hall–Kier alpha value is -3.42. The van der Waals surface area contributed by atoms with Gasteiger partial charge >= 0.3 is 0 Å². The van der Waals surface area contributed by atoms with Gasteiger partial charge in [0.15, 0.2) is 0 Å². The molecule has 1 aromatic carbocycles. The second kappa shape index (κ2) is 7.54. The van der Waals surface area contributed by atoms with Crippen molar-refractivity contribution in [3.05, 3.63) is 52.8 Å². The first-order valence-corrected chi connectivity index (χ1v) is 9.44. The summed E-state index contributed by atoms with van der Waals surface area (Å²) in [4.78, 5) is 31.4. The number of ether oxygens (including phenoxy) is 1. The first-order chi connectivity index (χ1) is 14.0. The Morgan fingerprint density at radius 3 is 2.72 bits per heavy atom. The smallest absolute Gasteiger partial charge is 0.259 e. The van der Waals surface area contributed by atoms with Crippen molar-refractivity contribution in [2.24, 2.45) is 0 Å². The molecule has 1 N–H and O–H groups in total. The molecule has 1 atom stereocenters. The summed E-state index contributed by atoms with van der Waals surface area (Å²) < 4.78 is 10.6. The average Bonchev–Trinajstić information content (AvgIpc) is 3.39. The van der Waals surface area contributed by atoms with Gasteiger partial charge in [0.2, 0.25) is 0 Å². The van der Waals surface area contributed by atoms with Crippen LogP contribution in [-0.2, 0) is 0 Å². The molecule has 3 heterocycles. The number of nitrogens with zero attached hydrogens (tertiary/aromatic N) is 3. The molecule has 4 rings (SSSR count). The van der Waals surface area contributed by atoms with E-state index in [4.69, 9.17) is 9.26 Å². The van der Waals surface area contributed by atoms with Crippen LogP contribution in [0.2, 0.25) is 0 Å². The topological polar surface area (TPSA) is 97.6 Å². The molecule has 0 spiro atoms. The summed E-state index contributed by atoms with van der Waals surface area (Å²) in [5, 5.41) is 7.49. The number of pyridine rings is 1. The van der Waals surface area contributed by atoms with Gasteiger partial charge in [-0.1, -0.05) is 5.16 Å². The quantitative estimate of drug-likeness (QED) is 0.730. The van der Waals surface area contributed by atoms with Crippen molar-refractivity contribution in [2.75, 3.05) is 27.2 Å². The molecule has 2 aromatic heterocycles. The second-order valence-electron chi connectivity index (χ2n) is 7.10. The summed E-state index contributed by atoms with van der Waals surface area (Å²) in [5.74, 6) is 0.434. The highest BCUT2D eigenvalue weighted by molar-refractivity contribution is 6.06. The van der Waals surface area contributed by atoms with E-state index < -0.39 is 0 Å². The lowest BCUT2D eigenvalue weighted by Crippen LogP contribution is -2.28. The summed E-state index contributed by atoms with van der Waals surface area (Å²) >= 11 is 0. The van der Waals surface area contributed by atoms with Gasteiger partial charge in [-0.3, -0.25) is 9.59 Å². The summed E-state index contributed by atoms with van der Waals surface area (Å²) in [6.07, 6.45) is 0.741. The van der Waals surface area contributed by atoms with E-state index in [0.29, 0.717) is 52.5 Å². The Kier molecular flexibility index (Phi) is 4.92. The summed E-state index contributed by atoms with van der Waals surface area (Å²) in [5.41, 5.74) is 2.81. The van der Waals surface area contributed by atoms with Crippen LogP contribution >= 0.6 is 0 Å². The minimum atomic E-state index is -0.214. The monoisotopic (exact) mass is 394 g/mol. The number of hydrogen-bond acceptors (Lipinski definition) is 6. The first kappa shape index (κ1) is 18.9. The number of aryl methyl sites for hydroxylation is 1. The highest BCUT2D eigenvalue weighted by Gasteiger charge is 2.33. The van der Waals surface area contributed by atoms with E-state index in [1.54, 1.807) is 56.3 Å². The van der Waals surface area contributed by atoms with Crippen molar-refractivity contribution in [3.8, 4) is 5.75 Å². The number of aromatic nitrogens is 2. The first-order valence-electron chi connectivity index (χ1n) is 9.44. The SMILES string of the molecule is CNC(=O)c1cc(C)nc2onc(C3CCN(C(=O)c4ccc(OC)cc4)C3)c12. The van der Waals surface area contributed by atoms with Crippen molar-refractivity contribution < 1.29 is 18.8 Å². The maximum Gasteiger partial charge on any atom is 0.259 e. The molecule has 150 valence electrons. The van der Waals surface area contributed by atoms with Crippen LogP contribution in [-0.4, -0.2) is 54.1 Å². The average molecular weight is 394 g/mol. The van der Waals surface area contributed by atoms with Gasteiger partial charge in [0.05, 0.1) is 23.8 Å². The van der Waals surface area contributed by atoms with E-state index in [1.807, 2.05) is 0 Å². The number of carbonyl (C=O) groups excluding carboxylic acids is 2. The number of carbonyl (C=O) groups is 2. The number of methoxy groups -OCH3 is 1. The minimum absolute atomic E-state index is 0.0219. The van der Waals surface area contributed by atoms with E-state index >= 15 is 0 Å². The van der Waals surface area contributed by atoms with E-state index in [2.05, 4.69) is 15.5 Å². The lowest BCUT2D eigenvalue weighted by Gasteiger charge is -2.16. The number of hydrogen-bond donors (Lipinski definition) is 1. The second-order valence-corrected chi connectivity index (χ2v) is 7.10. The van der Waals surface area contributed by atoms with E-state index in [0.717, 1.165) is 6.42 Å². The van der Waals surface area contributed by atoms with Gasteiger partial charge in [-0.25, -0.2) is 4.98 Å². The standard InChI is InChI=1S/C21H22N4O4/c1-12-10-16(19(26)22-2)17-18(24-29-20(17)23-12)14-8-9-25(11-14)21(27)13-4-6-15(28-3)7-5-13/h4-7,10,14H,8-9,11H2,1-3H3,(H,22,26). The highest BCUT2D eigenvalue weighted by Crippen LogP contribution is 2.34. The zero-order valence-corrected chi connectivity index (χ0v) is 16.6. The van der Waals surface area contributed by atoms with Gasteiger partial charge in [-0.15, -0.1) is 0 Å². The van der Waals surface area contributed by atoms with Gasteiger partial charge in [0, 0.05) is 37.3 Å². The van der Waals surface area contributed by atoms with E-state index in [1.165, 1.54) is 0 Å². The molecule has 1 aliphatic heterocycles. The number of benzene rings is 1. The fraction of sp³-hybridized carbons (Fsp3) is 0.333. The van der Waals surface area contributed by atoms with Gasteiger partial charge in [-0.2, -0.15) is 0 Å².